The Morgan fingerprint density at radius 1 is 1.04 bits per heavy atom. The number of pyridine rings is 1. The number of hydrogen-bond acceptors (Lipinski definition) is 3. The Kier molecular flexibility index (Phi) is 6.07. The molecule has 5 heteroatoms. The van der Waals surface area contributed by atoms with Crippen LogP contribution in [0.3, 0.4) is 0 Å². The van der Waals surface area contributed by atoms with E-state index in [-0.39, 0.29) is 17.5 Å². The Balaban J connectivity index is 2.08. The molecule has 126 valence electrons. The van der Waals surface area contributed by atoms with E-state index < -0.39 is 0 Å². The van der Waals surface area contributed by atoms with Crippen molar-refractivity contribution in [3.63, 3.8) is 0 Å². The highest BCUT2D eigenvalue weighted by Crippen LogP contribution is 2.15. The van der Waals surface area contributed by atoms with Gasteiger partial charge in [-0.15, -0.1) is 0 Å². The summed E-state index contributed by atoms with van der Waals surface area (Å²) >= 11 is 0. The van der Waals surface area contributed by atoms with Crippen LogP contribution in [0.15, 0.2) is 36.5 Å². The number of rotatable bonds is 6. The lowest BCUT2D eigenvalue weighted by Crippen LogP contribution is -2.25. The third-order valence-electron chi connectivity index (χ3n) is 3.84. The van der Waals surface area contributed by atoms with Gasteiger partial charge in [-0.1, -0.05) is 19.4 Å². The number of amides is 2. The van der Waals surface area contributed by atoms with Crippen molar-refractivity contribution in [2.24, 2.45) is 0 Å². The van der Waals surface area contributed by atoms with Gasteiger partial charge < -0.3 is 10.6 Å². The topological polar surface area (TPSA) is 71.1 Å². The van der Waals surface area contributed by atoms with Gasteiger partial charge in [0.15, 0.2) is 0 Å². The minimum Gasteiger partial charge on any atom is -0.351 e. The maximum atomic E-state index is 12.4. The van der Waals surface area contributed by atoms with E-state index in [1.54, 1.807) is 6.07 Å². The molecule has 0 atom stereocenters. The van der Waals surface area contributed by atoms with Crippen molar-refractivity contribution in [1.82, 2.24) is 10.3 Å². The van der Waals surface area contributed by atoms with E-state index in [4.69, 9.17) is 0 Å². The molecule has 2 rings (SSSR count). The molecule has 0 aliphatic rings. The fourth-order valence-electron chi connectivity index (χ4n) is 2.19. The van der Waals surface area contributed by atoms with Crippen LogP contribution in [0.4, 0.5) is 5.69 Å². The van der Waals surface area contributed by atoms with Crippen LogP contribution in [0, 0.1) is 13.8 Å². The zero-order valence-electron chi connectivity index (χ0n) is 14.3. The number of unbranched alkanes of at least 4 members (excludes halogenated alkanes) is 1. The molecule has 1 aromatic heterocycles. The molecule has 0 bridgehead atoms. The van der Waals surface area contributed by atoms with Gasteiger partial charge in [-0.3, -0.25) is 14.6 Å². The summed E-state index contributed by atoms with van der Waals surface area (Å²) in [6.07, 6.45) is 3.40. The molecule has 1 heterocycles. The standard InChI is InChI=1S/C19H23N3O2/c1-4-5-9-21-19(24)17-12-15(8-10-20-17)18(23)22-16-7-6-13(2)14(3)11-16/h6-8,10-12H,4-5,9H2,1-3H3,(H,21,24)(H,22,23). The second kappa shape index (κ2) is 8.24. The first-order valence-electron chi connectivity index (χ1n) is 8.14. The average molecular weight is 325 g/mol. The summed E-state index contributed by atoms with van der Waals surface area (Å²) < 4.78 is 0. The van der Waals surface area contributed by atoms with Crippen molar-refractivity contribution >= 4 is 17.5 Å². The first-order chi connectivity index (χ1) is 11.5. The van der Waals surface area contributed by atoms with E-state index in [0.29, 0.717) is 12.1 Å². The van der Waals surface area contributed by atoms with Gasteiger partial charge in [-0.2, -0.15) is 0 Å². The van der Waals surface area contributed by atoms with Crippen LogP contribution in [0.2, 0.25) is 0 Å². The molecule has 24 heavy (non-hydrogen) atoms. The monoisotopic (exact) mass is 325 g/mol. The summed E-state index contributed by atoms with van der Waals surface area (Å²) in [5.74, 6) is -0.521. The van der Waals surface area contributed by atoms with Gasteiger partial charge in [0, 0.05) is 24.0 Å². The lowest BCUT2D eigenvalue weighted by molar-refractivity contribution is 0.0948. The average Bonchev–Trinajstić information content (AvgIpc) is 2.58. The number of anilines is 1. The fourth-order valence-corrected chi connectivity index (χ4v) is 2.19. The van der Waals surface area contributed by atoms with E-state index in [1.807, 2.05) is 32.0 Å². The normalized spacial score (nSPS) is 10.3. The van der Waals surface area contributed by atoms with Crippen LogP contribution in [0.25, 0.3) is 0 Å². The predicted octanol–water partition coefficient (Wildman–Crippen LogP) is 3.48. The minimum absolute atomic E-state index is 0.249. The summed E-state index contributed by atoms with van der Waals surface area (Å²) in [6.45, 7) is 6.68. The molecule has 0 radical (unpaired) electrons. The van der Waals surface area contributed by atoms with Crippen molar-refractivity contribution in [2.45, 2.75) is 33.6 Å². The predicted molar refractivity (Wildman–Crippen MR) is 95.3 cm³/mol. The van der Waals surface area contributed by atoms with Crippen LogP contribution in [-0.2, 0) is 0 Å². The van der Waals surface area contributed by atoms with E-state index in [9.17, 15) is 9.59 Å². The van der Waals surface area contributed by atoms with Gasteiger partial charge in [-0.05, 0) is 55.7 Å². The molecule has 2 aromatic rings. The number of aromatic nitrogens is 1. The van der Waals surface area contributed by atoms with Gasteiger partial charge in [0.05, 0.1) is 0 Å². The minimum atomic E-state index is -0.261. The lowest BCUT2D eigenvalue weighted by atomic mass is 10.1. The number of nitrogens with one attached hydrogen (secondary N) is 2. The maximum absolute atomic E-state index is 12.4. The van der Waals surface area contributed by atoms with Crippen molar-refractivity contribution < 1.29 is 9.59 Å². The van der Waals surface area contributed by atoms with Gasteiger partial charge in [0.1, 0.15) is 5.69 Å². The molecular formula is C19H23N3O2. The quantitative estimate of drug-likeness (QED) is 0.799. The zero-order valence-corrected chi connectivity index (χ0v) is 14.3. The Morgan fingerprint density at radius 3 is 2.54 bits per heavy atom. The summed E-state index contributed by atoms with van der Waals surface area (Å²) in [4.78, 5) is 28.4. The lowest BCUT2D eigenvalue weighted by Gasteiger charge is -2.09. The number of hydrogen-bond donors (Lipinski definition) is 2. The molecule has 1 aromatic carbocycles. The highest BCUT2D eigenvalue weighted by Gasteiger charge is 2.12. The molecular weight excluding hydrogens is 302 g/mol. The number of nitrogens with zero attached hydrogens (tertiary/aromatic N) is 1. The molecule has 5 nitrogen and oxygen atoms in total. The summed E-state index contributed by atoms with van der Waals surface area (Å²) in [5.41, 5.74) is 3.66. The number of benzene rings is 1. The molecule has 2 N–H and O–H groups in total. The largest absolute Gasteiger partial charge is 0.351 e. The van der Waals surface area contributed by atoms with Crippen molar-refractivity contribution in [1.29, 1.82) is 0 Å². The van der Waals surface area contributed by atoms with Crippen LogP contribution in [0.1, 0.15) is 51.7 Å². The first-order valence-corrected chi connectivity index (χ1v) is 8.14. The fraction of sp³-hybridized carbons (Fsp3) is 0.316. The maximum Gasteiger partial charge on any atom is 0.269 e. The Labute approximate surface area is 142 Å². The van der Waals surface area contributed by atoms with Crippen LogP contribution in [-0.4, -0.2) is 23.3 Å². The summed E-state index contributed by atoms with van der Waals surface area (Å²) in [5, 5.41) is 5.64. The third-order valence-corrected chi connectivity index (χ3v) is 3.84. The Morgan fingerprint density at radius 2 is 1.83 bits per heavy atom. The third kappa shape index (κ3) is 4.65. The van der Waals surface area contributed by atoms with Gasteiger partial charge in [0.25, 0.3) is 11.8 Å². The number of carbonyl (C=O) groups is 2. The van der Waals surface area contributed by atoms with Crippen LogP contribution < -0.4 is 10.6 Å². The van der Waals surface area contributed by atoms with Crippen molar-refractivity contribution in [3.05, 3.63) is 58.9 Å². The second-order valence-corrected chi connectivity index (χ2v) is 5.79. The molecule has 0 saturated carbocycles. The molecule has 0 fully saturated rings. The Bertz CT molecular complexity index is 741. The molecule has 0 unspecified atom stereocenters. The van der Waals surface area contributed by atoms with Gasteiger partial charge in [-0.25, -0.2) is 0 Å². The second-order valence-electron chi connectivity index (χ2n) is 5.79. The highest BCUT2D eigenvalue weighted by molar-refractivity contribution is 6.05. The molecule has 0 aliphatic carbocycles. The first kappa shape index (κ1) is 17.7. The van der Waals surface area contributed by atoms with Crippen molar-refractivity contribution in [2.75, 3.05) is 11.9 Å². The van der Waals surface area contributed by atoms with E-state index >= 15 is 0 Å². The van der Waals surface area contributed by atoms with Crippen molar-refractivity contribution in [3.8, 4) is 0 Å². The molecule has 2 amide bonds. The van der Waals surface area contributed by atoms with E-state index in [1.165, 1.54) is 17.8 Å². The highest BCUT2D eigenvalue weighted by atomic mass is 16.2. The number of aryl methyl sites for hydroxylation is 2. The molecule has 0 spiro atoms. The summed E-state index contributed by atoms with van der Waals surface area (Å²) in [7, 11) is 0. The van der Waals surface area contributed by atoms with Gasteiger partial charge in [0.2, 0.25) is 0 Å². The molecule has 0 aliphatic heterocycles. The van der Waals surface area contributed by atoms with Crippen LogP contribution in [0.5, 0.6) is 0 Å². The van der Waals surface area contributed by atoms with Gasteiger partial charge >= 0.3 is 0 Å². The SMILES string of the molecule is CCCCNC(=O)c1cc(C(=O)Nc2ccc(C)c(C)c2)ccn1. The van der Waals surface area contributed by atoms with E-state index in [0.717, 1.165) is 24.1 Å². The zero-order chi connectivity index (χ0) is 17.5. The smallest absolute Gasteiger partial charge is 0.269 e. The van der Waals surface area contributed by atoms with Crippen LogP contribution >= 0.6 is 0 Å². The summed E-state index contributed by atoms with van der Waals surface area (Å²) in [6, 6.07) is 8.85. The Hall–Kier alpha value is -2.69. The number of carbonyl (C=O) groups excluding carboxylic acids is 2. The van der Waals surface area contributed by atoms with E-state index in [2.05, 4.69) is 22.5 Å². The molecule has 0 saturated heterocycles.